The number of piperidine rings is 2. The van der Waals surface area contributed by atoms with Crippen LogP contribution in [0.4, 0.5) is 10.7 Å². The molecule has 1 amide bonds. The molecule has 5 rings (SSSR count). The predicted molar refractivity (Wildman–Crippen MR) is 120 cm³/mol. The zero-order chi connectivity index (χ0) is 19.6. The molecule has 0 bridgehead atoms. The van der Waals surface area contributed by atoms with Gasteiger partial charge in [0.05, 0.1) is 9.88 Å². The second-order valence-electron chi connectivity index (χ2n) is 8.64. The summed E-state index contributed by atoms with van der Waals surface area (Å²) in [6.07, 6.45) is 8.65. The normalized spacial score (nSPS) is 21.2. The van der Waals surface area contributed by atoms with Gasteiger partial charge in [-0.25, -0.2) is 0 Å². The number of hydrogen-bond acceptors (Lipinski definition) is 4. The second-order valence-corrected chi connectivity index (χ2v) is 9.70. The number of thiophene rings is 1. The van der Waals surface area contributed by atoms with Crippen molar-refractivity contribution in [2.45, 2.75) is 51.0 Å². The molecule has 5 heteroatoms. The first-order chi connectivity index (χ1) is 14.3. The van der Waals surface area contributed by atoms with Gasteiger partial charge in [0.2, 0.25) is 0 Å². The maximum atomic E-state index is 13.1. The van der Waals surface area contributed by atoms with E-state index in [1.807, 2.05) is 6.07 Å². The van der Waals surface area contributed by atoms with Crippen LogP contribution < -0.4 is 4.90 Å². The SMILES string of the molecule is O=C(c1ccc(N2CCCc3ccccc32)s1)N1CCC(N2CCCCC2)CC1. The maximum absolute atomic E-state index is 13.1. The first-order valence-electron chi connectivity index (χ1n) is 11.3. The zero-order valence-corrected chi connectivity index (χ0v) is 18.0. The van der Waals surface area contributed by atoms with Gasteiger partial charge in [-0.3, -0.25) is 4.79 Å². The molecule has 2 aromatic rings. The Morgan fingerprint density at radius 2 is 1.66 bits per heavy atom. The van der Waals surface area contributed by atoms with E-state index in [4.69, 9.17) is 0 Å². The number of fused-ring (bicyclic) bond motifs is 1. The van der Waals surface area contributed by atoms with Crippen LogP contribution in [0.5, 0.6) is 0 Å². The summed E-state index contributed by atoms with van der Waals surface area (Å²) >= 11 is 1.66. The lowest BCUT2D eigenvalue weighted by Gasteiger charge is -2.40. The molecule has 4 nitrogen and oxygen atoms in total. The van der Waals surface area contributed by atoms with E-state index >= 15 is 0 Å². The summed E-state index contributed by atoms with van der Waals surface area (Å²) in [5, 5.41) is 1.20. The number of carbonyl (C=O) groups is 1. The minimum absolute atomic E-state index is 0.226. The quantitative estimate of drug-likeness (QED) is 0.720. The van der Waals surface area contributed by atoms with Gasteiger partial charge >= 0.3 is 0 Å². The number of benzene rings is 1. The summed E-state index contributed by atoms with van der Waals surface area (Å²) in [5.41, 5.74) is 2.72. The summed E-state index contributed by atoms with van der Waals surface area (Å²) in [6, 6.07) is 13.5. The largest absolute Gasteiger partial charge is 0.338 e. The molecule has 2 saturated heterocycles. The molecule has 3 aliphatic rings. The van der Waals surface area contributed by atoms with Gasteiger partial charge in [0.15, 0.2) is 0 Å². The fourth-order valence-electron chi connectivity index (χ4n) is 5.22. The summed E-state index contributed by atoms with van der Waals surface area (Å²) in [7, 11) is 0. The number of amides is 1. The van der Waals surface area contributed by atoms with Crippen molar-refractivity contribution < 1.29 is 4.79 Å². The first kappa shape index (κ1) is 19.1. The van der Waals surface area contributed by atoms with Crippen molar-refractivity contribution in [1.29, 1.82) is 0 Å². The molecule has 29 heavy (non-hydrogen) atoms. The van der Waals surface area contributed by atoms with Crippen LogP contribution in [0, 0.1) is 0 Å². The van der Waals surface area contributed by atoms with Crippen molar-refractivity contribution in [2.24, 2.45) is 0 Å². The third kappa shape index (κ3) is 3.95. The van der Waals surface area contributed by atoms with E-state index in [1.54, 1.807) is 11.3 Å². The summed E-state index contributed by atoms with van der Waals surface area (Å²) in [6.45, 7) is 5.35. The number of aryl methyl sites for hydroxylation is 1. The Morgan fingerprint density at radius 3 is 2.48 bits per heavy atom. The molecule has 1 aromatic carbocycles. The lowest BCUT2D eigenvalue weighted by molar-refractivity contribution is 0.0594. The van der Waals surface area contributed by atoms with Crippen LogP contribution >= 0.6 is 11.3 Å². The Labute approximate surface area is 178 Å². The van der Waals surface area contributed by atoms with Gasteiger partial charge in [0, 0.05) is 31.4 Å². The molecular weight excluding hydrogens is 378 g/mol. The van der Waals surface area contributed by atoms with Crippen LogP contribution in [0.1, 0.15) is 53.8 Å². The van der Waals surface area contributed by atoms with Crippen molar-refractivity contribution in [2.75, 3.05) is 37.6 Å². The molecule has 0 unspecified atom stereocenters. The van der Waals surface area contributed by atoms with Gasteiger partial charge < -0.3 is 14.7 Å². The monoisotopic (exact) mass is 409 g/mol. The predicted octanol–water partition coefficient (Wildman–Crippen LogP) is 4.92. The highest BCUT2D eigenvalue weighted by Crippen LogP contribution is 2.37. The number of anilines is 2. The Balaban J connectivity index is 1.24. The Kier molecular flexibility index (Phi) is 5.60. The smallest absolute Gasteiger partial charge is 0.263 e. The van der Waals surface area contributed by atoms with E-state index in [0.29, 0.717) is 6.04 Å². The number of rotatable bonds is 3. The minimum atomic E-state index is 0.226. The summed E-state index contributed by atoms with van der Waals surface area (Å²) in [4.78, 5) is 21.2. The van der Waals surface area contributed by atoms with E-state index < -0.39 is 0 Å². The summed E-state index contributed by atoms with van der Waals surface area (Å²) in [5.74, 6) is 0.226. The number of para-hydroxylation sites is 1. The second kappa shape index (κ2) is 8.49. The lowest BCUT2D eigenvalue weighted by atomic mass is 10.00. The lowest BCUT2D eigenvalue weighted by Crippen LogP contribution is -2.48. The van der Waals surface area contributed by atoms with Crippen LogP contribution in [-0.4, -0.2) is 54.5 Å². The van der Waals surface area contributed by atoms with Gasteiger partial charge in [-0.05, 0) is 75.4 Å². The molecule has 0 atom stereocenters. The third-order valence-corrected chi connectivity index (χ3v) is 7.93. The highest BCUT2D eigenvalue weighted by atomic mass is 32.1. The van der Waals surface area contributed by atoms with Gasteiger partial charge in [-0.1, -0.05) is 24.6 Å². The molecule has 4 heterocycles. The highest BCUT2D eigenvalue weighted by Gasteiger charge is 2.29. The molecule has 0 saturated carbocycles. The molecular formula is C24H31N3OS. The Morgan fingerprint density at radius 1 is 0.862 bits per heavy atom. The number of nitrogens with zero attached hydrogens (tertiary/aromatic N) is 3. The standard InChI is InChI=1S/C24H31N3OS/c28-24(26-17-12-20(13-18-26)25-14-4-1-5-15-25)22-10-11-23(29-22)27-16-6-8-19-7-2-3-9-21(19)27/h2-3,7,9-11,20H,1,4-6,8,12-18H2. The number of hydrogen-bond donors (Lipinski definition) is 0. The van der Waals surface area contributed by atoms with Crippen molar-refractivity contribution in [1.82, 2.24) is 9.80 Å². The average Bonchev–Trinajstić information content (AvgIpc) is 3.29. The van der Waals surface area contributed by atoms with Crippen molar-refractivity contribution in [3.8, 4) is 0 Å². The van der Waals surface area contributed by atoms with Crippen LogP contribution in [0.3, 0.4) is 0 Å². The Bertz CT molecular complexity index is 849. The highest BCUT2D eigenvalue weighted by molar-refractivity contribution is 7.18. The molecule has 154 valence electrons. The average molecular weight is 410 g/mol. The molecule has 3 aliphatic heterocycles. The Hall–Kier alpha value is -1.85. The maximum Gasteiger partial charge on any atom is 0.263 e. The molecule has 0 aliphatic carbocycles. The van der Waals surface area contributed by atoms with Gasteiger partial charge in [0.1, 0.15) is 0 Å². The number of likely N-dealkylation sites (tertiary alicyclic amines) is 2. The van der Waals surface area contributed by atoms with Crippen molar-refractivity contribution in [3.05, 3.63) is 46.8 Å². The van der Waals surface area contributed by atoms with E-state index in [9.17, 15) is 4.79 Å². The third-order valence-electron chi connectivity index (χ3n) is 6.84. The zero-order valence-electron chi connectivity index (χ0n) is 17.2. The van der Waals surface area contributed by atoms with Crippen molar-refractivity contribution in [3.63, 3.8) is 0 Å². The molecule has 1 aromatic heterocycles. The fraction of sp³-hybridized carbons (Fsp3) is 0.542. The minimum Gasteiger partial charge on any atom is -0.338 e. The van der Waals surface area contributed by atoms with Crippen molar-refractivity contribution >= 4 is 27.9 Å². The topological polar surface area (TPSA) is 26.8 Å². The first-order valence-corrected chi connectivity index (χ1v) is 12.1. The van der Waals surface area contributed by atoms with Crippen LogP contribution in [0.15, 0.2) is 36.4 Å². The van der Waals surface area contributed by atoms with Gasteiger partial charge in [0.25, 0.3) is 5.91 Å². The van der Waals surface area contributed by atoms with E-state index in [-0.39, 0.29) is 5.91 Å². The fourth-order valence-corrected chi connectivity index (χ4v) is 6.24. The van der Waals surface area contributed by atoms with E-state index in [1.165, 1.54) is 55.0 Å². The number of carbonyl (C=O) groups excluding carboxylic acids is 1. The van der Waals surface area contributed by atoms with Crippen LogP contribution in [0.2, 0.25) is 0 Å². The molecule has 2 fully saturated rings. The summed E-state index contributed by atoms with van der Waals surface area (Å²) < 4.78 is 0. The molecule has 0 radical (unpaired) electrons. The molecule has 0 spiro atoms. The van der Waals surface area contributed by atoms with Crippen LogP contribution in [0.25, 0.3) is 0 Å². The van der Waals surface area contributed by atoms with E-state index in [0.717, 1.165) is 43.8 Å². The van der Waals surface area contributed by atoms with Crippen LogP contribution in [-0.2, 0) is 6.42 Å². The van der Waals surface area contributed by atoms with Gasteiger partial charge in [-0.15, -0.1) is 11.3 Å². The molecule has 0 N–H and O–H groups in total. The van der Waals surface area contributed by atoms with Gasteiger partial charge in [-0.2, -0.15) is 0 Å². The van der Waals surface area contributed by atoms with E-state index in [2.05, 4.69) is 45.0 Å².